The predicted octanol–water partition coefficient (Wildman–Crippen LogP) is 2.58. The first-order chi connectivity index (χ1) is 9.35. The van der Waals surface area contributed by atoms with Gasteiger partial charge in [-0.1, -0.05) is 24.3 Å². The van der Waals surface area contributed by atoms with Crippen molar-refractivity contribution < 1.29 is 4.74 Å². The van der Waals surface area contributed by atoms with Gasteiger partial charge in [-0.05, 0) is 31.2 Å². The Bertz CT molecular complexity index is 502. The second-order valence-electron chi connectivity index (χ2n) is 4.17. The van der Waals surface area contributed by atoms with E-state index in [1.807, 2.05) is 36.4 Å². The molecule has 0 aliphatic carbocycles. The van der Waals surface area contributed by atoms with Crippen LogP contribution < -0.4 is 15.4 Å². The summed E-state index contributed by atoms with van der Waals surface area (Å²) in [6.45, 7) is 1.49. The van der Waals surface area contributed by atoms with Gasteiger partial charge in [-0.15, -0.1) is 0 Å². The quantitative estimate of drug-likeness (QED) is 0.864. The number of pyridine rings is 1. The Morgan fingerprint density at radius 2 is 1.89 bits per heavy atom. The Kier molecular flexibility index (Phi) is 4.75. The van der Waals surface area contributed by atoms with Crippen LogP contribution in [0.3, 0.4) is 0 Å². The number of aromatic nitrogens is 1. The number of hydrogen-bond donors (Lipinski definition) is 1. The molecule has 0 bridgehead atoms. The molecular formula is C15H19N3O. The van der Waals surface area contributed by atoms with Crippen LogP contribution in [0.5, 0.6) is 5.88 Å². The van der Waals surface area contributed by atoms with E-state index in [0.29, 0.717) is 12.4 Å². The summed E-state index contributed by atoms with van der Waals surface area (Å²) in [5.41, 5.74) is 6.73. The van der Waals surface area contributed by atoms with Crippen molar-refractivity contribution in [2.45, 2.75) is 6.42 Å². The van der Waals surface area contributed by atoms with Crippen molar-refractivity contribution in [3.63, 3.8) is 0 Å². The number of nitrogens with zero attached hydrogens (tertiary/aromatic N) is 2. The smallest absolute Gasteiger partial charge is 0.214 e. The maximum absolute atomic E-state index is 5.62. The van der Waals surface area contributed by atoms with Gasteiger partial charge in [0.15, 0.2) is 0 Å². The molecule has 1 heterocycles. The van der Waals surface area contributed by atoms with Crippen LogP contribution >= 0.6 is 0 Å². The van der Waals surface area contributed by atoms with Crippen LogP contribution in [0.25, 0.3) is 0 Å². The zero-order chi connectivity index (χ0) is 13.5. The molecule has 0 saturated heterocycles. The standard InChI is InChI=1S/C15H19N3O/c1-19-15-10-5-9-14(17-15)18(12-6-11-16)13-7-3-2-4-8-13/h2-5,7-10H,6,11-12,16H2,1H3. The first-order valence-corrected chi connectivity index (χ1v) is 6.39. The van der Waals surface area contributed by atoms with Crippen LogP contribution in [0.1, 0.15) is 6.42 Å². The SMILES string of the molecule is COc1cccc(N(CCCN)c2ccccc2)n1. The molecule has 0 aliphatic heterocycles. The summed E-state index contributed by atoms with van der Waals surface area (Å²) in [6, 6.07) is 15.9. The topological polar surface area (TPSA) is 51.4 Å². The fourth-order valence-electron chi connectivity index (χ4n) is 1.90. The van der Waals surface area contributed by atoms with E-state index < -0.39 is 0 Å². The molecule has 1 aromatic carbocycles. The van der Waals surface area contributed by atoms with E-state index in [1.165, 1.54) is 0 Å². The van der Waals surface area contributed by atoms with Gasteiger partial charge in [0.1, 0.15) is 5.82 Å². The summed E-state index contributed by atoms with van der Waals surface area (Å²) in [4.78, 5) is 6.63. The van der Waals surface area contributed by atoms with E-state index in [-0.39, 0.29) is 0 Å². The molecule has 4 heteroatoms. The first-order valence-electron chi connectivity index (χ1n) is 6.39. The van der Waals surface area contributed by atoms with Gasteiger partial charge in [0.25, 0.3) is 0 Å². The van der Waals surface area contributed by atoms with Crippen LogP contribution in [-0.4, -0.2) is 25.2 Å². The van der Waals surface area contributed by atoms with Crippen molar-refractivity contribution in [2.75, 3.05) is 25.1 Å². The Morgan fingerprint density at radius 1 is 1.11 bits per heavy atom. The Hall–Kier alpha value is -2.07. The van der Waals surface area contributed by atoms with Gasteiger partial charge in [-0.3, -0.25) is 0 Å². The minimum atomic E-state index is 0.617. The molecular weight excluding hydrogens is 238 g/mol. The maximum atomic E-state index is 5.62. The Balaban J connectivity index is 2.31. The predicted molar refractivity (Wildman–Crippen MR) is 77.9 cm³/mol. The Labute approximate surface area is 113 Å². The van der Waals surface area contributed by atoms with Crippen LogP contribution in [-0.2, 0) is 0 Å². The number of benzene rings is 1. The molecule has 0 radical (unpaired) electrons. The molecule has 0 saturated carbocycles. The summed E-state index contributed by atoms with van der Waals surface area (Å²) in [5.74, 6) is 1.49. The van der Waals surface area contributed by atoms with Crippen molar-refractivity contribution >= 4 is 11.5 Å². The highest BCUT2D eigenvalue weighted by Crippen LogP contribution is 2.24. The molecule has 100 valence electrons. The van der Waals surface area contributed by atoms with E-state index in [0.717, 1.165) is 24.5 Å². The van der Waals surface area contributed by atoms with Crippen LogP contribution in [0.4, 0.5) is 11.5 Å². The van der Waals surface area contributed by atoms with Crippen molar-refractivity contribution in [1.29, 1.82) is 0 Å². The normalized spacial score (nSPS) is 10.2. The molecule has 0 atom stereocenters. The zero-order valence-corrected chi connectivity index (χ0v) is 11.1. The molecule has 0 fully saturated rings. The van der Waals surface area contributed by atoms with Crippen LogP contribution in [0, 0.1) is 0 Å². The minimum absolute atomic E-state index is 0.617. The van der Waals surface area contributed by atoms with E-state index in [2.05, 4.69) is 22.0 Å². The average Bonchev–Trinajstić information content (AvgIpc) is 2.49. The molecule has 4 nitrogen and oxygen atoms in total. The van der Waals surface area contributed by atoms with Crippen LogP contribution in [0.2, 0.25) is 0 Å². The van der Waals surface area contributed by atoms with Gasteiger partial charge >= 0.3 is 0 Å². The third-order valence-electron chi connectivity index (χ3n) is 2.85. The fourth-order valence-corrected chi connectivity index (χ4v) is 1.90. The second kappa shape index (κ2) is 6.75. The number of anilines is 2. The Morgan fingerprint density at radius 3 is 2.58 bits per heavy atom. The lowest BCUT2D eigenvalue weighted by atomic mass is 10.2. The monoisotopic (exact) mass is 257 g/mol. The second-order valence-corrected chi connectivity index (χ2v) is 4.17. The number of methoxy groups -OCH3 is 1. The fraction of sp³-hybridized carbons (Fsp3) is 0.267. The minimum Gasteiger partial charge on any atom is -0.481 e. The molecule has 0 unspecified atom stereocenters. The third-order valence-corrected chi connectivity index (χ3v) is 2.85. The number of rotatable bonds is 6. The number of hydrogen-bond acceptors (Lipinski definition) is 4. The lowest BCUT2D eigenvalue weighted by Crippen LogP contribution is -2.21. The van der Waals surface area contributed by atoms with Gasteiger partial charge in [-0.2, -0.15) is 4.98 Å². The maximum Gasteiger partial charge on any atom is 0.214 e. The van der Waals surface area contributed by atoms with Crippen molar-refractivity contribution in [1.82, 2.24) is 4.98 Å². The molecule has 2 N–H and O–H groups in total. The van der Waals surface area contributed by atoms with Gasteiger partial charge in [0.05, 0.1) is 7.11 Å². The zero-order valence-electron chi connectivity index (χ0n) is 11.1. The summed E-state index contributed by atoms with van der Waals surface area (Å²) in [7, 11) is 1.62. The number of para-hydroxylation sites is 1. The average molecular weight is 257 g/mol. The van der Waals surface area contributed by atoms with E-state index in [1.54, 1.807) is 7.11 Å². The van der Waals surface area contributed by atoms with Gasteiger partial charge < -0.3 is 15.4 Å². The summed E-state index contributed by atoms with van der Waals surface area (Å²) < 4.78 is 5.18. The molecule has 0 spiro atoms. The van der Waals surface area contributed by atoms with Crippen LogP contribution in [0.15, 0.2) is 48.5 Å². The number of nitrogens with two attached hydrogens (primary N) is 1. The highest BCUT2D eigenvalue weighted by atomic mass is 16.5. The summed E-state index contributed by atoms with van der Waals surface area (Å²) in [5, 5.41) is 0. The highest BCUT2D eigenvalue weighted by molar-refractivity contribution is 5.60. The van der Waals surface area contributed by atoms with E-state index in [4.69, 9.17) is 10.5 Å². The molecule has 0 aliphatic rings. The van der Waals surface area contributed by atoms with Gasteiger partial charge in [0.2, 0.25) is 5.88 Å². The van der Waals surface area contributed by atoms with E-state index >= 15 is 0 Å². The van der Waals surface area contributed by atoms with E-state index in [9.17, 15) is 0 Å². The largest absolute Gasteiger partial charge is 0.481 e. The van der Waals surface area contributed by atoms with Gasteiger partial charge in [-0.25, -0.2) is 0 Å². The lowest BCUT2D eigenvalue weighted by Gasteiger charge is -2.24. The molecule has 2 aromatic rings. The van der Waals surface area contributed by atoms with Crippen molar-refractivity contribution in [3.8, 4) is 5.88 Å². The molecule has 0 amide bonds. The highest BCUT2D eigenvalue weighted by Gasteiger charge is 2.10. The third kappa shape index (κ3) is 3.45. The summed E-state index contributed by atoms with van der Waals surface area (Å²) >= 11 is 0. The van der Waals surface area contributed by atoms with Crippen molar-refractivity contribution in [2.24, 2.45) is 5.73 Å². The lowest BCUT2D eigenvalue weighted by molar-refractivity contribution is 0.398. The summed E-state index contributed by atoms with van der Waals surface area (Å²) in [6.07, 6.45) is 0.911. The number of ether oxygens (including phenoxy) is 1. The van der Waals surface area contributed by atoms with Gasteiger partial charge in [0, 0.05) is 18.3 Å². The first kappa shape index (κ1) is 13.4. The molecule has 2 rings (SSSR count). The molecule has 19 heavy (non-hydrogen) atoms. The van der Waals surface area contributed by atoms with Crippen molar-refractivity contribution in [3.05, 3.63) is 48.5 Å². The molecule has 1 aromatic heterocycles.